The highest BCUT2D eigenvalue weighted by atomic mass is 32.2. The van der Waals surface area contributed by atoms with Crippen molar-refractivity contribution in [3.8, 4) is 0 Å². The Morgan fingerprint density at radius 2 is 2.26 bits per heavy atom. The van der Waals surface area contributed by atoms with Gasteiger partial charge in [0.2, 0.25) is 10.0 Å². The minimum absolute atomic E-state index is 0.0946. The van der Waals surface area contributed by atoms with Gasteiger partial charge in [0.15, 0.2) is 0 Å². The highest BCUT2D eigenvalue weighted by molar-refractivity contribution is 7.89. The Labute approximate surface area is 110 Å². The van der Waals surface area contributed by atoms with E-state index in [1.54, 1.807) is 12.4 Å². The third-order valence-corrected chi connectivity index (χ3v) is 4.96. The molecule has 1 aliphatic heterocycles. The molecule has 0 bridgehead atoms. The molecule has 0 fully saturated rings. The molecule has 8 nitrogen and oxygen atoms in total. The highest BCUT2D eigenvalue weighted by Crippen LogP contribution is 2.15. The van der Waals surface area contributed by atoms with Crippen LogP contribution in [0, 0.1) is 0 Å². The van der Waals surface area contributed by atoms with Crippen LogP contribution >= 0.6 is 0 Å². The van der Waals surface area contributed by atoms with Crippen molar-refractivity contribution >= 4 is 16.0 Å². The van der Waals surface area contributed by atoms with Crippen LogP contribution in [0.25, 0.3) is 0 Å². The van der Waals surface area contributed by atoms with E-state index in [1.165, 1.54) is 4.31 Å². The van der Waals surface area contributed by atoms with Crippen LogP contribution in [0.5, 0.6) is 0 Å². The smallest absolute Gasteiger partial charge is 0.320 e. The Kier molecular flexibility index (Phi) is 3.88. The molecule has 0 aliphatic carbocycles. The van der Waals surface area contributed by atoms with E-state index >= 15 is 0 Å². The number of imidazole rings is 1. The standard InChI is InChI=1S/C10H16N4O4S/c11-8(10(15)16)1-6-19(17,18)14-5-4-13-3-2-12-9(13)7-14/h2-3,8H,1,4-7,11H2,(H,15,16)/t8-/m0/s1. The molecule has 0 saturated heterocycles. The van der Waals surface area contributed by atoms with Crippen LogP contribution < -0.4 is 5.73 Å². The molecule has 1 aromatic heterocycles. The number of aromatic nitrogens is 2. The van der Waals surface area contributed by atoms with Crippen LogP contribution in [0.4, 0.5) is 0 Å². The molecule has 1 aromatic rings. The lowest BCUT2D eigenvalue weighted by molar-refractivity contribution is -0.138. The first-order valence-electron chi connectivity index (χ1n) is 5.86. The summed E-state index contributed by atoms with van der Waals surface area (Å²) in [7, 11) is -3.50. The molecular formula is C10H16N4O4S. The van der Waals surface area contributed by atoms with E-state index < -0.39 is 22.0 Å². The quantitative estimate of drug-likeness (QED) is 0.704. The fraction of sp³-hybridized carbons (Fsp3) is 0.600. The van der Waals surface area contributed by atoms with Crippen molar-refractivity contribution in [2.24, 2.45) is 5.73 Å². The van der Waals surface area contributed by atoms with Crippen LogP contribution in [0.2, 0.25) is 0 Å². The molecule has 2 heterocycles. The van der Waals surface area contributed by atoms with Gasteiger partial charge in [-0.3, -0.25) is 4.79 Å². The Morgan fingerprint density at radius 1 is 1.53 bits per heavy atom. The number of hydrogen-bond acceptors (Lipinski definition) is 5. The molecule has 2 rings (SSSR count). The largest absolute Gasteiger partial charge is 0.480 e. The minimum atomic E-state index is -3.50. The van der Waals surface area contributed by atoms with Crippen molar-refractivity contribution in [1.82, 2.24) is 13.9 Å². The van der Waals surface area contributed by atoms with Gasteiger partial charge in [0.05, 0.1) is 12.3 Å². The molecule has 9 heteroatoms. The number of fused-ring (bicyclic) bond motifs is 1. The number of carbonyl (C=O) groups is 1. The van der Waals surface area contributed by atoms with E-state index in [0.29, 0.717) is 18.9 Å². The third kappa shape index (κ3) is 3.11. The van der Waals surface area contributed by atoms with Crippen LogP contribution in [-0.2, 0) is 27.9 Å². The second-order valence-corrected chi connectivity index (χ2v) is 6.51. The van der Waals surface area contributed by atoms with Gasteiger partial charge >= 0.3 is 5.97 Å². The molecule has 1 aliphatic rings. The summed E-state index contributed by atoms with van der Waals surface area (Å²) in [6.07, 6.45) is 3.34. The fourth-order valence-electron chi connectivity index (χ4n) is 1.92. The summed E-state index contributed by atoms with van der Waals surface area (Å²) in [6, 6.07) is -1.15. The molecule has 1 atom stereocenters. The second kappa shape index (κ2) is 5.27. The summed E-state index contributed by atoms with van der Waals surface area (Å²) in [5.41, 5.74) is 5.31. The molecule has 0 aromatic carbocycles. The Bertz CT molecular complexity index is 568. The van der Waals surface area contributed by atoms with Crippen LogP contribution in [0.15, 0.2) is 12.4 Å². The van der Waals surface area contributed by atoms with Crippen LogP contribution in [-0.4, -0.2) is 51.7 Å². The number of sulfonamides is 1. The summed E-state index contributed by atoms with van der Waals surface area (Å²) < 4.78 is 27.4. The number of hydrogen-bond donors (Lipinski definition) is 2. The second-order valence-electron chi connectivity index (χ2n) is 4.42. The SMILES string of the molecule is N[C@@H](CCS(=O)(=O)N1CCn2ccnc2C1)C(=O)O. The van der Waals surface area contributed by atoms with Gasteiger partial charge in [0, 0.05) is 25.5 Å². The number of aliphatic carboxylic acids is 1. The number of nitrogens with zero attached hydrogens (tertiary/aromatic N) is 3. The number of rotatable bonds is 5. The van der Waals surface area contributed by atoms with Gasteiger partial charge < -0.3 is 15.4 Å². The van der Waals surface area contributed by atoms with Crippen molar-refractivity contribution < 1.29 is 18.3 Å². The number of carboxylic acids is 1. The lowest BCUT2D eigenvalue weighted by Gasteiger charge is -2.27. The van der Waals surface area contributed by atoms with Crippen molar-refractivity contribution in [3.05, 3.63) is 18.2 Å². The van der Waals surface area contributed by atoms with Gasteiger partial charge in [-0.2, -0.15) is 4.31 Å². The summed E-state index contributed by atoms with van der Waals surface area (Å²) in [6.45, 7) is 1.14. The molecule has 0 unspecified atom stereocenters. The summed E-state index contributed by atoms with van der Waals surface area (Å²) >= 11 is 0. The monoisotopic (exact) mass is 288 g/mol. The van der Waals surface area contributed by atoms with E-state index in [1.807, 2.05) is 4.57 Å². The summed E-state index contributed by atoms with van der Waals surface area (Å²) in [4.78, 5) is 14.7. The fourth-order valence-corrected chi connectivity index (χ4v) is 3.40. The van der Waals surface area contributed by atoms with Gasteiger partial charge in [-0.1, -0.05) is 0 Å². The van der Waals surface area contributed by atoms with Crippen molar-refractivity contribution in [2.45, 2.75) is 25.6 Å². The summed E-state index contributed by atoms with van der Waals surface area (Å²) in [5, 5.41) is 8.64. The van der Waals surface area contributed by atoms with Gasteiger partial charge in [-0.25, -0.2) is 13.4 Å². The van der Waals surface area contributed by atoms with Gasteiger partial charge in [0.1, 0.15) is 11.9 Å². The van der Waals surface area contributed by atoms with Crippen LogP contribution in [0.1, 0.15) is 12.2 Å². The molecule has 19 heavy (non-hydrogen) atoms. The number of nitrogens with two attached hydrogens (primary N) is 1. The van der Waals surface area contributed by atoms with Gasteiger partial charge in [-0.05, 0) is 6.42 Å². The first kappa shape index (κ1) is 14.0. The van der Waals surface area contributed by atoms with Crippen molar-refractivity contribution in [2.75, 3.05) is 12.3 Å². The first-order chi connectivity index (χ1) is 8.90. The van der Waals surface area contributed by atoms with Crippen molar-refractivity contribution in [3.63, 3.8) is 0 Å². The Morgan fingerprint density at radius 3 is 2.95 bits per heavy atom. The lowest BCUT2D eigenvalue weighted by Crippen LogP contribution is -2.41. The normalized spacial score (nSPS) is 17.9. The predicted octanol–water partition coefficient (Wildman–Crippen LogP) is -1.17. The number of carboxylic acid groups (broad SMARTS) is 1. The van der Waals surface area contributed by atoms with E-state index in [9.17, 15) is 13.2 Å². The third-order valence-electron chi connectivity index (χ3n) is 3.11. The molecule has 0 amide bonds. The van der Waals surface area contributed by atoms with Crippen molar-refractivity contribution in [1.29, 1.82) is 0 Å². The maximum absolute atomic E-state index is 12.1. The zero-order valence-electron chi connectivity index (χ0n) is 10.3. The molecule has 106 valence electrons. The zero-order chi connectivity index (χ0) is 14.0. The molecule has 3 N–H and O–H groups in total. The van der Waals surface area contributed by atoms with Gasteiger partial charge in [-0.15, -0.1) is 0 Å². The molecule has 0 radical (unpaired) electrons. The average molecular weight is 288 g/mol. The lowest BCUT2D eigenvalue weighted by atomic mass is 10.2. The topological polar surface area (TPSA) is 119 Å². The molecule has 0 saturated carbocycles. The van der Waals surface area contributed by atoms with E-state index in [2.05, 4.69) is 4.98 Å². The average Bonchev–Trinajstić information content (AvgIpc) is 2.82. The Hall–Kier alpha value is -1.45. The maximum Gasteiger partial charge on any atom is 0.320 e. The molecular weight excluding hydrogens is 272 g/mol. The zero-order valence-corrected chi connectivity index (χ0v) is 11.1. The first-order valence-corrected chi connectivity index (χ1v) is 7.47. The summed E-state index contributed by atoms with van der Waals surface area (Å²) in [5.74, 6) is -0.761. The molecule has 0 spiro atoms. The van der Waals surface area contributed by atoms with E-state index in [-0.39, 0.29) is 18.7 Å². The maximum atomic E-state index is 12.1. The minimum Gasteiger partial charge on any atom is -0.480 e. The van der Waals surface area contributed by atoms with E-state index in [4.69, 9.17) is 10.8 Å². The predicted molar refractivity (Wildman–Crippen MR) is 66.7 cm³/mol. The highest BCUT2D eigenvalue weighted by Gasteiger charge is 2.28. The van der Waals surface area contributed by atoms with Gasteiger partial charge in [0.25, 0.3) is 0 Å². The van der Waals surface area contributed by atoms with E-state index in [0.717, 1.165) is 0 Å². The van der Waals surface area contributed by atoms with Crippen LogP contribution in [0.3, 0.4) is 0 Å². The Balaban J connectivity index is 2.00.